The molecule has 2 aromatic heterocycles. The maximum atomic E-state index is 12.5. The molecule has 10 nitrogen and oxygen atoms in total. The topological polar surface area (TPSA) is 140 Å². The first-order chi connectivity index (χ1) is 15.3. The number of aromatic nitrogens is 4. The Labute approximate surface area is 191 Å². The van der Waals surface area contributed by atoms with E-state index in [4.69, 9.17) is 16.1 Å². The second kappa shape index (κ2) is 9.12. The number of rotatable bonds is 7. The van der Waals surface area contributed by atoms with Gasteiger partial charge in [0.1, 0.15) is 0 Å². The second-order valence-corrected chi connectivity index (χ2v) is 9.89. The molecule has 0 atom stereocenters. The van der Waals surface area contributed by atoms with Crippen LogP contribution >= 0.6 is 22.9 Å². The summed E-state index contributed by atoms with van der Waals surface area (Å²) in [6.45, 7) is 1.66. The Morgan fingerprint density at radius 1 is 1.09 bits per heavy atom. The van der Waals surface area contributed by atoms with Crippen molar-refractivity contribution in [3.63, 3.8) is 0 Å². The molecule has 2 aromatic carbocycles. The van der Waals surface area contributed by atoms with Crippen LogP contribution in [0.2, 0.25) is 5.02 Å². The van der Waals surface area contributed by atoms with Gasteiger partial charge in [0.05, 0.1) is 6.54 Å². The first-order valence-electron chi connectivity index (χ1n) is 9.10. The van der Waals surface area contributed by atoms with E-state index in [1.165, 1.54) is 0 Å². The Morgan fingerprint density at radius 2 is 1.81 bits per heavy atom. The van der Waals surface area contributed by atoms with Crippen molar-refractivity contribution in [2.75, 3.05) is 5.32 Å². The fourth-order valence-electron chi connectivity index (χ4n) is 2.50. The van der Waals surface area contributed by atoms with Crippen LogP contribution in [0.25, 0.3) is 11.4 Å². The lowest BCUT2D eigenvalue weighted by molar-refractivity contribution is 0.102. The quantitative estimate of drug-likeness (QED) is 0.376. The van der Waals surface area contributed by atoms with Crippen LogP contribution in [0.3, 0.4) is 0 Å². The van der Waals surface area contributed by atoms with Gasteiger partial charge in [0.2, 0.25) is 21.2 Å². The first kappa shape index (κ1) is 22.0. The molecule has 0 aliphatic carbocycles. The number of nitrogens with one attached hydrogen (secondary N) is 2. The highest BCUT2D eigenvalue weighted by atomic mass is 35.5. The number of halogens is 1. The molecule has 0 saturated carbocycles. The van der Waals surface area contributed by atoms with Gasteiger partial charge in [-0.1, -0.05) is 45.8 Å². The molecule has 32 heavy (non-hydrogen) atoms. The normalized spacial score (nSPS) is 11.4. The number of sulfonamides is 1. The van der Waals surface area contributed by atoms with E-state index in [2.05, 4.69) is 30.4 Å². The van der Waals surface area contributed by atoms with Gasteiger partial charge in [0.15, 0.2) is 0 Å². The van der Waals surface area contributed by atoms with Crippen LogP contribution < -0.4 is 10.0 Å². The monoisotopic (exact) mass is 490 g/mol. The predicted octanol–water partition coefficient (Wildman–Crippen LogP) is 3.28. The fraction of sp³-hybridized carbons (Fsp3) is 0.105. The molecule has 0 bridgehead atoms. The van der Waals surface area contributed by atoms with Gasteiger partial charge >= 0.3 is 0 Å². The number of aryl methyl sites for hydroxylation is 1. The molecule has 2 N–H and O–H groups in total. The van der Waals surface area contributed by atoms with Crippen molar-refractivity contribution in [3.05, 3.63) is 70.6 Å². The third kappa shape index (κ3) is 5.16. The third-order valence-electron chi connectivity index (χ3n) is 4.15. The molecule has 0 aliphatic heterocycles. The summed E-state index contributed by atoms with van der Waals surface area (Å²) in [6, 6.07) is 13.7. The first-order valence-corrected chi connectivity index (χ1v) is 11.8. The van der Waals surface area contributed by atoms with E-state index in [9.17, 15) is 13.2 Å². The summed E-state index contributed by atoms with van der Waals surface area (Å²) in [5.41, 5.74) is 2.10. The van der Waals surface area contributed by atoms with Gasteiger partial charge < -0.3 is 4.52 Å². The van der Waals surface area contributed by atoms with Gasteiger partial charge in [0, 0.05) is 16.1 Å². The fourth-order valence-corrected chi connectivity index (χ4v) is 4.54. The lowest BCUT2D eigenvalue weighted by atomic mass is 10.1. The summed E-state index contributed by atoms with van der Waals surface area (Å²) in [6.07, 6.45) is 0. The minimum atomic E-state index is -4.01. The maximum absolute atomic E-state index is 12.5. The van der Waals surface area contributed by atoms with Crippen LogP contribution in [-0.2, 0) is 16.6 Å². The van der Waals surface area contributed by atoms with Crippen molar-refractivity contribution in [3.8, 4) is 11.4 Å². The van der Waals surface area contributed by atoms with Gasteiger partial charge in [-0.25, -0.2) is 8.42 Å². The van der Waals surface area contributed by atoms with Crippen LogP contribution in [0.4, 0.5) is 5.13 Å². The summed E-state index contributed by atoms with van der Waals surface area (Å²) in [7, 11) is -4.01. The Hall–Kier alpha value is -3.19. The third-order valence-corrected chi connectivity index (χ3v) is 7.01. The smallest absolute Gasteiger partial charge is 0.270 e. The van der Waals surface area contributed by atoms with Crippen LogP contribution in [0.5, 0.6) is 0 Å². The molecule has 164 valence electrons. The Bertz CT molecular complexity index is 1350. The highest BCUT2D eigenvalue weighted by molar-refractivity contribution is 7.91. The Balaban J connectivity index is 1.39. The molecule has 4 rings (SSSR count). The van der Waals surface area contributed by atoms with Crippen molar-refractivity contribution in [1.82, 2.24) is 25.1 Å². The second-order valence-electron chi connectivity index (χ2n) is 6.54. The molecule has 13 heteroatoms. The molecule has 0 aliphatic rings. The lowest BCUT2D eigenvalue weighted by Gasteiger charge is -2.01. The summed E-state index contributed by atoms with van der Waals surface area (Å²) < 4.78 is 32.1. The molecular weight excluding hydrogens is 476 g/mol. The number of anilines is 1. The zero-order valence-electron chi connectivity index (χ0n) is 16.4. The van der Waals surface area contributed by atoms with Crippen molar-refractivity contribution in [1.29, 1.82) is 0 Å². The molecular formula is C19H15ClN6O4S2. The van der Waals surface area contributed by atoms with Crippen molar-refractivity contribution >= 4 is 44.0 Å². The molecule has 0 radical (unpaired) electrons. The largest absolute Gasteiger partial charge is 0.338 e. The van der Waals surface area contributed by atoms with Gasteiger partial charge in [0.25, 0.3) is 15.9 Å². The van der Waals surface area contributed by atoms with Gasteiger partial charge in [-0.2, -0.15) is 9.71 Å². The van der Waals surface area contributed by atoms with E-state index >= 15 is 0 Å². The van der Waals surface area contributed by atoms with E-state index in [1.807, 2.05) is 6.92 Å². The standard InChI is InChI=1S/C19H15ClN6O4S2/c1-11-2-4-13(5-3-11)17(27)23-18-24-25-19(31-18)32(28,29)21-10-15-22-16(26-30-15)12-6-8-14(20)9-7-12/h2-9,21H,10H2,1H3,(H,23,24,27). The molecule has 2 heterocycles. The number of hydrogen-bond acceptors (Lipinski definition) is 9. The van der Waals surface area contributed by atoms with E-state index in [0.717, 1.165) is 16.9 Å². The van der Waals surface area contributed by atoms with Crippen molar-refractivity contribution < 1.29 is 17.7 Å². The maximum Gasteiger partial charge on any atom is 0.270 e. The predicted molar refractivity (Wildman–Crippen MR) is 118 cm³/mol. The molecule has 0 saturated heterocycles. The average molecular weight is 491 g/mol. The molecule has 0 spiro atoms. The minimum absolute atomic E-state index is 0.0544. The highest BCUT2D eigenvalue weighted by Gasteiger charge is 2.22. The van der Waals surface area contributed by atoms with Gasteiger partial charge in [-0.3, -0.25) is 10.1 Å². The Morgan fingerprint density at radius 3 is 2.53 bits per heavy atom. The van der Waals surface area contributed by atoms with Crippen molar-refractivity contribution in [2.45, 2.75) is 17.8 Å². The summed E-state index contributed by atoms with van der Waals surface area (Å²) >= 11 is 6.58. The SMILES string of the molecule is Cc1ccc(C(=O)Nc2nnc(S(=O)(=O)NCc3nc(-c4ccc(Cl)cc4)no3)s2)cc1. The van der Waals surface area contributed by atoms with E-state index in [-0.39, 0.29) is 21.9 Å². The summed E-state index contributed by atoms with van der Waals surface area (Å²) in [5.74, 6) is -0.0533. The number of amides is 1. The van der Waals surface area contributed by atoms with Crippen LogP contribution in [0, 0.1) is 6.92 Å². The van der Waals surface area contributed by atoms with Gasteiger partial charge in [-0.05, 0) is 43.3 Å². The zero-order chi connectivity index (χ0) is 22.7. The summed E-state index contributed by atoms with van der Waals surface area (Å²) in [4.78, 5) is 16.4. The zero-order valence-corrected chi connectivity index (χ0v) is 18.8. The molecule has 0 fully saturated rings. The van der Waals surface area contributed by atoms with E-state index in [1.54, 1.807) is 48.5 Å². The molecule has 0 unspecified atom stereocenters. The molecule has 1 amide bonds. The molecule has 4 aromatic rings. The number of carbonyl (C=O) groups is 1. The van der Waals surface area contributed by atoms with E-state index < -0.39 is 15.9 Å². The van der Waals surface area contributed by atoms with Crippen molar-refractivity contribution in [2.24, 2.45) is 0 Å². The highest BCUT2D eigenvalue weighted by Crippen LogP contribution is 2.22. The summed E-state index contributed by atoms with van der Waals surface area (Å²) in [5, 5.41) is 14.4. The Kier molecular flexibility index (Phi) is 6.28. The minimum Gasteiger partial charge on any atom is -0.338 e. The van der Waals surface area contributed by atoms with Crippen LogP contribution in [0.1, 0.15) is 21.8 Å². The number of carbonyl (C=O) groups excluding carboxylic acids is 1. The van der Waals surface area contributed by atoms with E-state index in [0.29, 0.717) is 22.0 Å². The number of hydrogen-bond donors (Lipinski definition) is 2. The van der Waals surface area contributed by atoms with Crippen LogP contribution in [0.15, 0.2) is 57.4 Å². The number of benzene rings is 2. The number of nitrogens with zero attached hydrogens (tertiary/aromatic N) is 4. The average Bonchev–Trinajstić information content (AvgIpc) is 3.44. The lowest BCUT2D eigenvalue weighted by Crippen LogP contribution is -2.23. The van der Waals surface area contributed by atoms with Gasteiger partial charge in [-0.15, -0.1) is 10.2 Å². The van der Waals surface area contributed by atoms with Crippen LogP contribution in [-0.4, -0.2) is 34.7 Å².